The number of nitrogens with zero attached hydrogens (tertiary/aromatic N) is 3. The fourth-order valence-electron chi connectivity index (χ4n) is 3.64. The van der Waals surface area contributed by atoms with Gasteiger partial charge in [-0.05, 0) is 18.2 Å². The molecule has 0 saturated carbocycles. The highest BCUT2D eigenvalue weighted by Gasteiger charge is 2.23. The van der Waals surface area contributed by atoms with Crippen LogP contribution < -0.4 is 5.73 Å². The number of rotatable bonds is 8. The SMILES string of the molecule is CN(CCN1CCN(C(=O)CC(N)c2ccccc2)CC1)Cc1ccccc1. The summed E-state index contributed by atoms with van der Waals surface area (Å²) in [6.07, 6.45) is 0.379. The Hall–Kier alpha value is -2.21. The van der Waals surface area contributed by atoms with Gasteiger partial charge in [0.2, 0.25) is 5.91 Å². The fraction of sp³-hybridized carbons (Fsp3) is 0.435. The van der Waals surface area contributed by atoms with E-state index in [1.165, 1.54) is 5.56 Å². The van der Waals surface area contributed by atoms with E-state index < -0.39 is 0 Å². The largest absolute Gasteiger partial charge is 0.340 e. The van der Waals surface area contributed by atoms with Crippen molar-refractivity contribution >= 4 is 5.91 Å². The molecule has 28 heavy (non-hydrogen) atoms. The van der Waals surface area contributed by atoms with Crippen LogP contribution in [0.2, 0.25) is 0 Å². The summed E-state index contributed by atoms with van der Waals surface area (Å²) in [6.45, 7) is 6.50. The van der Waals surface area contributed by atoms with Crippen molar-refractivity contribution in [2.75, 3.05) is 46.3 Å². The Morgan fingerprint density at radius 3 is 2.25 bits per heavy atom. The first kappa shape index (κ1) is 20.5. The molecule has 3 rings (SSSR count). The van der Waals surface area contributed by atoms with Gasteiger partial charge in [0.25, 0.3) is 0 Å². The lowest BCUT2D eigenvalue weighted by molar-refractivity contribution is -0.133. The van der Waals surface area contributed by atoms with Crippen molar-refractivity contribution in [1.29, 1.82) is 0 Å². The Balaban J connectivity index is 1.36. The molecule has 1 aliphatic rings. The van der Waals surface area contributed by atoms with Gasteiger partial charge in [-0.3, -0.25) is 9.69 Å². The lowest BCUT2D eigenvalue weighted by Crippen LogP contribution is -2.50. The van der Waals surface area contributed by atoms with Gasteiger partial charge in [-0.25, -0.2) is 0 Å². The molecule has 2 N–H and O–H groups in total. The van der Waals surface area contributed by atoms with Crippen LogP contribution in [0.5, 0.6) is 0 Å². The average molecular weight is 381 g/mol. The monoisotopic (exact) mass is 380 g/mol. The van der Waals surface area contributed by atoms with Crippen LogP contribution in [-0.2, 0) is 11.3 Å². The van der Waals surface area contributed by atoms with Crippen molar-refractivity contribution in [3.63, 3.8) is 0 Å². The molecule has 1 unspecified atom stereocenters. The average Bonchev–Trinajstić information content (AvgIpc) is 2.74. The number of hydrogen-bond acceptors (Lipinski definition) is 4. The molecule has 1 aliphatic heterocycles. The zero-order chi connectivity index (χ0) is 19.8. The third kappa shape index (κ3) is 6.16. The summed E-state index contributed by atoms with van der Waals surface area (Å²) in [4.78, 5) is 19.3. The number of hydrogen-bond donors (Lipinski definition) is 1. The van der Waals surface area contributed by atoms with Crippen LogP contribution in [0.25, 0.3) is 0 Å². The first-order chi connectivity index (χ1) is 13.6. The second-order valence-corrected chi connectivity index (χ2v) is 7.67. The number of piperazine rings is 1. The molecule has 2 aromatic rings. The molecule has 1 fully saturated rings. The normalized spacial score (nSPS) is 16.3. The number of carbonyl (C=O) groups excluding carboxylic acids is 1. The summed E-state index contributed by atoms with van der Waals surface area (Å²) in [7, 11) is 2.16. The van der Waals surface area contributed by atoms with Gasteiger partial charge in [0.15, 0.2) is 0 Å². The number of benzene rings is 2. The molecular weight excluding hydrogens is 348 g/mol. The number of nitrogens with two attached hydrogens (primary N) is 1. The van der Waals surface area contributed by atoms with Crippen LogP contribution in [-0.4, -0.2) is 66.9 Å². The van der Waals surface area contributed by atoms with Crippen LogP contribution in [0.1, 0.15) is 23.6 Å². The zero-order valence-corrected chi connectivity index (χ0v) is 16.8. The Bertz CT molecular complexity index is 714. The van der Waals surface area contributed by atoms with Gasteiger partial charge in [0.1, 0.15) is 0 Å². The highest BCUT2D eigenvalue weighted by atomic mass is 16.2. The summed E-state index contributed by atoms with van der Waals surface area (Å²) in [6, 6.07) is 20.2. The van der Waals surface area contributed by atoms with Crippen molar-refractivity contribution in [2.24, 2.45) is 5.73 Å². The number of carbonyl (C=O) groups is 1. The smallest absolute Gasteiger partial charge is 0.224 e. The number of likely N-dealkylation sites (N-methyl/N-ethyl adjacent to an activating group) is 1. The van der Waals surface area contributed by atoms with Crippen molar-refractivity contribution in [1.82, 2.24) is 14.7 Å². The Morgan fingerprint density at radius 1 is 1.00 bits per heavy atom. The van der Waals surface area contributed by atoms with Gasteiger partial charge in [-0.15, -0.1) is 0 Å². The summed E-state index contributed by atoms with van der Waals surface area (Å²) in [5.41, 5.74) is 8.58. The maximum Gasteiger partial charge on any atom is 0.224 e. The van der Waals surface area contributed by atoms with E-state index in [2.05, 4.69) is 47.2 Å². The van der Waals surface area contributed by atoms with Gasteiger partial charge in [0.05, 0.1) is 0 Å². The van der Waals surface area contributed by atoms with Crippen LogP contribution in [0.4, 0.5) is 0 Å². The number of amides is 1. The highest BCUT2D eigenvalue weighted by molar-refractivity contribution is 5.77. The van der Waals surface area contributed by atoms with Gasteiger partial charge >= 0.3 is 0 Å². The highest BCUT2D eigenvalue weighted by Crippen LogP contribution is 2.15. The fourth-order valence-corrected chi connectivity index (χ4v) is 3.64. The van der Waals surface area contributed by atoms with E-state index in [1.54, 1.807) is 0 Å². The molecule has 5 nitrogen and oxygen atoms in total. The molecule has 1 atom stereocenters. The minimum atomic E-state index is -0.224. The summed E-state index contributed by atoms with van der Waals surface area (Å²) < 4.78 is 0. The predicted octanol–water partition coefficient (Wildman–Crippen LogP) is 2.35. The van der Waals surface area contributed by atoms with E-state index in [-0.39, 0.29) is 11.9 Å². The van der Waals surface area contributed by atoms with Crippen LogP contribution in [0.3, 0.4) is 0 Å². The molecule has 0 aliphatic carbocycles. The molecule has 0 bridgehead atoms. The molecule has 1 saturated heterocycles. The summed E-state index contributed by atoms with van der Waals surface area (Å²) in [5, 5.41) is 0. The second-order valence-electron chi connectivity index (χ2n) is 7.67. The minimum absolute atomic E-state index is 0.164. The summed E-state index contributed by atoms with van der Waals surface area (Å²) in [5.74, 6) is 0.164. The van der Waals surface area contributed by atoms with E-state index in [0.29, 0.717) is 6.42 Å². The third-order valence-corrected chi connectivity index (χ3v) is 5.44. The zero-order valence-electron chi connectivity index (χ0n) is 16.8. The summed E-state index contributed by atoms with van der Waals surface area (Å²) >= 11 is 0. The standard InChI is InChI=1S/C23H32N4O/c1-25(19-20-8-4-2-5-9-20)12-13-26-14-16-27(17-15-26)23(28)18-22(24)21-10-6-3-7-11-21/h2-11,22H,12-19,24H2,1H3. The molecule has 1 amide bonds. The minimum Gasteiger partial charge on any atom is -0.340 e. The van der Waals surface area contributed by atoms with E-state index in [1.807, 2.05) is 35.2 Å². The van der Waals surface area contributed by atoms with E-state index in [4.69, 9.17) is 5.73 Å². The first-order valence-electron chi connectivity index (χ1n) is 10.1. The Labute approximate surface area is 168 Å². The van der Waals surface area contributed by atoms with E-state index >= 15 is 0 Å². The van der Waals surface area contributed by atoms with Gasteiger partial charge in [-0.2, -0.15) is 0 Å². The third-order valence-electron chi connectivity index (χ3n) is 5.44. The van der Waals surface area contributed by atoms with Crippen molar-refractivity contribution in [3.8, 4) is 0 Å². The molecule has 0 spiro atoms. The lowest BCUT2D eigenvalue weighted by atomic mass is 10.0. The molecule has 0 radical (unpaired) electrons. The van der Waals surface area contributed by atoms with E-state index in [0.717, 1.165) is 51.4 Å². The van der Waals surface area contributed by atoms with Crippen LogP contribution in [0.15, 0.2) is 60.7 Å². The first-order valence-corrected chi connectivity index (χ1v) is 10.1. The molecule has 5 heteroatoms. The molecule has 0 aromatic heterocycles. The van der Waals surface area contributed by atoms with Crippen LogP contribution >= 0.6 is 0 Å². The van der Waals surface area contributed by atoms with Gasteiger partial charge in [0, 0.05) is 58.3 Å². The van der Waals surface area contributed by atoms with E-state index in [9.17, 15) is 4.79 Å². The molecular formula is C23H32N4O. The molecule has 1 heterocycles. The van der Waals surface area contributed by atoms with Gasteiger partial charge in [-0.1, -0.05) is 60.7 Å². The maximum atomic E-state index is 12.6. The van der Waals surface area contributed by atoms with Crippen molar-refractivity contribution in [2.45, 2.75) is 19.0 Å². The quantitative estimate of drug-likeness (QED) is 0.764. The van der Waals surface area contributed by atoms with Crippen molar-refractivity contribution in [3.05, 3.63) is 71.8 Å². The molecule has 2 aromatic carbocycles. The lowest BCUT2D eigenvalue weighted by Gasteiger charge is -2.36. The Morgan fingerprint density at radius 2 is 1.61 bits per heavy atom. The van der Waals surface area contributed by atoms with Crippen molar-refractivity contribution < 1.29 is 4.79 Å². The Kier molecular flexibility index (Phi) is 7.60. The van der Waals surface area contributed by atoms with Gasteiger partial charge < -0.3 is 15.5 Å². The predicted molar refractivity (Wildman–Crippen MR) is 114 cm³/mol. The molecule has 150 valence electrons. The topological polar surface area (TPSA) is 52.8 Å². The van der Waals surface area contributed by atoms with Crippen LogP contribution in [0, 0.1) is 0 Å². The maximum absolute atomic E-state index is 12.6. The second kappa shape index (κ2) is 10.4.